The lowest BCUT2D eigenvalue weighted by Crippen LogP contribution is -2.38. The predicted octanol–water partition coefficient (Wildman–Crippen LogP) is 3.85. The van der Waals surface area contributed by atoms with Crippen molar-refractivity contribution in [3.63, 3.8) is 0 Å². The lowest BCUT2D eigenvalue weighted by molar-refractivity contribution is 0.134. The van der Waals surface area contributed by atoms with E-state index in [9.17, 15) is 0 Å². The molecular formula is C17H26ClN3O. The average Bonchev–Trinajstić information content (AvgIpc) is 2.96. The maximum absolute atomic E-state index is 6.35. The van der Waals surface area contributed by atoms with Crippen LogP contribution in [0.2, 0.25) is 0 Å². The third-order valence-electron chi connectivity index (χ3n) is 4.46. The molecule has 2 N–H and O–H groups in total. The Hall–Kier alpha value is -1.26. The van der Waals surface area contributed by atoms with Gasteiger partial charge in [0.25, 0.3) is 0 Å². The molecule has 1 aromatic carbocycles. The minimum Gasteiger partial charge on any atom is -0.490 e. The fraction of sp³-hybridized carbons (Fsp3) is 0.588. The fourth-order valence-electron chi connectivity index (χ4n) is 3.44. The molecule has 22 heavy (non-hydrogen) atoms. The maximum Gasteiger partial charge on any atom is 0.123 e. The number of H-pyrrole nitrogens is 1. The zero-order valence-electron chi connectivity index (χ0n) is 13.4. The highest BCUT2D eigenvalue weighted by Gasteiger charge is 2.23. The van der Waals surface area contributed by atoms with Crippen molar-refractivity contribution >= 4 is 23.3 Å². The molecule has 4 nitrogen and oxygen atoms in total. The molecule has 2 aromatic rings. The summed E-state index contributed by atoms with van der Waals surface area (Å²) in [6.45, 7) is 5.39. The van der Waals surface area contributed by atoms with Crippen molar-refractivity contribution in [2.24, 2.45) is 0 Å². The molecule has 0 saturated heterocycles. The summed E-state index contributed by atoms with van der Waals surface area (Å²) >= 11 is 0. The standard InChI is InChI=1S/C17H25N3O.ClH/c1-3-14-15-11-19-20-16(15)8-9-17(14)21-13-7-5-6-12(10-13)18-4-2;/h8-9,11-13,18H,3-7,10H2,1-2H3,(H,19,20);1H/t12-,13+;/m0./s1. The van der Waals surface area contributed by atoms with Crippen LogP contribution in [0, 0.1) is 0 Å². The van der Waals surface area contributed by atoms with Crippen molar-refractivity contribution in [2.45, 2.75) is 58.1 Å². The summed E-state index contributed by atoms with van der Waals surface area (Å²) < 4.78 is 6.35. The Bertz CT molecular complexity index is 597. The Balaban J connectivity index is 0.00000176. The van der Waals surface area contributed by atoms with Gasteiger partial charge in [0, 0.05) is 17.0 Å². The van der Waals surface area contributed by atoms with Crippen molar-refractivity contribution in [2.75, 3.05) is 6.54 Å². The minimum absolute atomic E-state index is 0. The monoisotopic (exact) mass is 323 g/mol. The van der Waals surface area contributed by atoms with E-state index in [4.69, 9.17) is 4.74 Å². The van der Waals surface area contributed by atoms with E-state index in [1.807, 2.05) is 6.20 Å². The highest BCUT2D eigenvalue weighted by Crippen LogP contribution is 2.31. The van der Waals surface area contributed by atoms with Gasteiger partial charge in [0.05, 0.1) is 11.7 Å². The van der Waals surface area contributed by atoms with Gasteiger partial charge >= 0.3 is 0 Å². The van der Waals surface area contributed by atoms with Gasteiger partial charge in [-0.2, -0.15) is 5.10 Å². The molecule has 0 amide bonds. The Morgan fingerprint density at radius 1 is 1.32 bits per heavy atom. The van der Waals surface area contributed by atoms with Crippen LogP contribution < -0.4 is 10.1 Å². The van der Waals surface area contributed by atoms with Crippen LogP contribution in [-0.4, -0.2) is 28.9 Å². The topological polar surface area (TPSA) is 49.9 Å². The van der Waals surface area contributed by atoms with Crippen LogP contribution in [0.3, 0.4) is 0 Å². The lowest BCUT2D eigenvalue weighted by Gasteiger charge is -2.30. The van der Waals surface area contributed by atoms with Crippen LogP contribution in [-0.2, 0) is 6.42 Å². The van der Waals surface area contributed by atoms with Crippen molar-refractivity contribution in [1.82, 2.24) is 15.5 Å². The van der Waals surface area contributed by atoms with E-state index in [1.165, 1.54) is 23.8 Å². The number of ether oxygens (including phenoxy) is 1. The number of hydrogen-bond acceptors (Lipinski definition) is 3. The first-order valence-electron chi connectivity index (χ1n) is 8.16. The number of aromatic nitrogens is 2. The number of benzene rings is 1. The molecule has 0 radical (unpaired) electrons. The first kappa shape index (κ1) is 17.1. The third-order valence-corrected chi connectivity index (χ3v) is 4.46. The molecule has 3 rings (SSSR count). The second-order valence-corrected chi connectivity index (χ2v) is 5.89. The molecule has 0 bridgehead atoms. The summed E-state index contributed by atoms with van der Waals surface area (Å²) in [5.41, 5.74) is 2.36. The smallest absolute Gasteiger partial charge is 0.123 e. The summed E-state index contributed by atoms with van der Waals surface area (Å²) in [5, 5.41) is 11.9. The molecule has 1 heterocycles. The molecule has 0 aliphatic heterocycles. The number of nitrogens with one attached hydrogen (secondary N) is 2. The third kappa shape index (κ3) is 3.55. The Morgan fingerprint density at radius 2 is 2.18 bits per heavy atom. The average molecular weight is 324 g/mol. The second-order valence-electron chi connectivity index (χ2n) is 5.89. The Morgan fingerprint density at radius 3 is 2.95 bits per heavy atom. The number of nitrogens with zero attached hydrogens (tertiary/aromatic N) is 1. The van der Waals surface area contributed by atoms with Crippen molar-refractivity contribution in [3.8, 4) is 5.75 Å². The van der Waals surface area contributed by atoms with Gasteiger partial charge in [-0.15, -0.1) is 12.4 Å². The second kappa shape index (κ2) is 7.84. The number of rotatable bonds is 5. The maximum atomic E-state index is 6.35. The molecule has 2 atom stereocenters. The van der Waals surface area contributed by atoms with Crippen molar-refractivity contribution in [1.29, 1.82) is 0 Å². The van der Waals surface area contributed by atoms with E-state index in [0.29, 0.717) is 12.1 Å². The number of aromatic amines is 1. The molecule has 1 saturated carbocycles. The quantitative estimate of drug-likeness (QED) is 0.878. The summed E-state index contributed by atoms with van der Waals surface area (Å²) in [6.07, 6.45) is 8.00. The van der Waals surface area contributed by atoms with E-state index >= 15 is 0 Å². The highest BCUT2D eigenvalue weighted by molar-refractivity contribution is 5.85. The Labute approximate surface area is 138 Å². The molecule has 0 unspecified atom stereocenters. The first-order valence-corrected chi connectivity index (χ1v) is 8.16. The van der Waals surface area contributed by atoms with E-state index < -0.39 is 0 Å². The van der Waals surface area contributed by atoms with Crippen LogP contribution in [0.15, 0.2) is 18.3 Å². The van der Waals surface area contributed by atoms with Crippen LogP contribution in [0.5, 0.6) is 5.75 Å². The SMILES string of the molecule is CCN[C@H]1CCC[C@@H](Oc2ccc3[nH]ncc3c2CC)C1.Cl. The number of hydrogen-bond donors (Lipinski definition) is 2. The van der Waals surface area contributed by atoms with E-state index in [1.54, 1.807) is 0 Å². The zero-order chi connectivity index (χ0) is 14.7. The number of aryl methyl sites for hydroxylation is 1. The van der Waals surface area contributed by atoms with Crippen LogP contribution >= 0.6 is 12.4 Å². The Kier molecular flexibility index (Phi) is 6.09. The summed E-state index contributed by atoms with van der Waals surface area (Å²) in [6, 6.07) is 4.77. The van der Waals surface area contributed by atoms with Crippen molar-refractivity contribution in [3.05, 3.63) is 23.9 Å². The van der Waals surface area contributed by atoms with Gasteiger partial charge in [-0.3, -0.25) is 5.10 Å². The predicted molar refractivity (Wildman–Crippen MR) is 93.1 cm³/mol. The molecule has 122 valence electrons. The van der Waals surface area contributed by atoms with Crippen LogP contribution in [0.4, 0.5) is 0 Å². The summed E-state index contributed by atoms with van der Waals surface area (Å²) in [7, 11) is 0. The van der Waals surface area contributed by atoms with Gasteiger partial charge in [0.2, 0.25) is 0 Å². The largest absolute Gasteiger partial charge is 0.490 e. The van der Waals surface area contributed by atoms with Gasteiger partial charge in [0.1, 0.15) is 11.9 Å². The van der Waals surface area contributed by atoms with E-state index in [-0.39, 0.29) is 12.4 Å². The zero-order valence-corrected chi connectivity index (χ0v) is 14.2. The van der Waals surface area contributed by atoms with Crippen molar-refractivity contribution < 1.29 is 4.74 Å². The molecule has 0 spiro atoms. The van der Waals surface area contributed by atoms with E-state index in [2.05, 4.69) is 41.5 Å². The molecule has 1 aromatic heterocycles. The summed E-state index contributed by atoms with van der Waals surface area (Å²) in [4.78, 5) is 0. The van der Waals surface area contributed by atoms with E-state index in [0.717, 1.165) is 37.1 Å². The first-order chi connectivity index (χ1) is 10.3. The van der Waals surface area contributed by atoms with Gasteiger partial charge in [-0.25, -0.2) is 0 Å². The number of fused-ring (bicyclic) bond motifs is 1. The normalized spacial score (nSPS) is 21.5. The van der Waals surface area contributed by atoms with Gasteiger partial charge in [-0.1, -0.05) is 13.8 Å². The van der Waals surface area contributed by atoms with Gasteiger partial charge in [0.15, 0.2) is 0 Å². The highest BCUT2D eigenvalue weighted by atomic mass is 35.5. The molecule has 1 aliphatic rings. The van der Waals surface area contributed by atoms with Gasteiger partial charge in [-0.05, 0) is 50.8 Å². The summed E-state index contributed by atoms with van der Waals surface area (Å²) in [5.74, 6) is 1.04. The fourth-order valence-corrected chi connectivity index (χ4v) is 3.44. The molecular weight excluding hydrogens is 298 g/mol. The lowest BCUT2D eigenvalue weighted by atomic mass is 9.92. The number of halogens is 1. The van der Waals surface area contributed by atoms with Crippen LogP contribution in [0.25, 0.3) is 10.9 Å². The molecule has 5 heteroatoms. The molecule has 1 fully saturated rings. The van der Waals surface area contributed by atoms with Crippen LogP contribution in [0.1, 0.15) is 45.1 Å². The molecule has 1 aliphatic carbocycles. The minimum atomic E-state index is 0. The van der Waals surface area contributed by atoms with Gasteiger partial charge < -0.3 is 10.1 Å².